The Balaban J connectivity index is 2.81. The van der Waals surface area contributed by atoms with Crippen LogP contribution in [0.4, 0.5) is 11.4 Å². The fourth-order valence-corrected chi connectivity index (χ4v) is 2.63. The first kappa shape index (κ1) is 15.8. The van der Waals surface area contributed by atoms with E-state index in [-0.39, 0.29) is 10.0 Å². The highest BCUT2D eigenvalue weighted by molar-refractivity contribution is 9.20. The molecule has 10 heteroatoms. The van der Waals surface area contributed by atoms with Crippen LogP contribution in [0, 0.1) is 10.1 Å². The highest BCUT2D eigenvalue weighted by atomic mass is 79.9. The van der Waals surface area contributed by atoms with Crippen LogP contribution in [0.2, 0.25) is 0 Å². The van der Waals surface area contributed by atoms with E-state index in [0.29, 0.717) is 5.69 Å². The molecule has 0 heterocycles. The van der Waals surface area contributed by atoms with E-state index in [0.717, 1.165) is 0 Å². The Morgan fingerprint density at radius 2 is 1.89 bits per heavy atom. The minimum Gasteiger partial charge on any atom is -0.307 e. The molecule has 104 valence electrons. The zero-order valence-electron chi connectivity index (χ0n) is 10.1. The predicted octanol–water partition coefficient (Wildman–Crippen LogP) is 3.16. The molecule has 0 aliphatic heterocycles. The summed E-state index contributed by atoms with van der Waals surface area (Å²) in [5.41, 5.74) is 3.02. The van der Waals surface area contributed by atoms with E-state index >= 15 is 0 Å². The first-order valence-corrected chi connectivity index (χ1v) is 7.22. The van der Waals surface area contributed by atoms with Crippen LogP contribution >= 0.6 is 23.5 Å². The fourth-order valence-electron chi connectivity index (χ4n) is 1.05. The van der Waals surface area contributed by atoms with E-state index in [9.17, 15) is 14.7 Å². The Bertz CT molecular complexity index is 525. The van der Waals surface area contributed by atoms with Crippen molar-refractivity contribution in [2.45, 2.75) is 0 Å². The Kier molecular flexibility index (Phi) is 5.61. The normalized spacial score (nSPS) is 12.3. The van der Waals surface area contributed by atoms with Crippen molar-refractivity contribution in [3.05, 3.63) is 34.4 Å². The predicted molar refractivity (Wildman–Crippen MR) is 74.7 cm³/mol. The number of hydrogen-bond acceptors (Lipinski definition) is 7. The number of rotatable bonds is 6. The van der Waals surface area contributed by atoms with Crippen LogP contribution in [0.1, 0.15) is 0 Å². The van der Waals surface area contributed by atoms with Gasteiger partial charge in [0.25, 0.3) is 5.69 Å². The third kappa shape index (κ3) is 4.10. The summed E-state index contributed by atoms with van der Waals surface area (Å²) in [6.45, 7) is 0. The molecule has 0 amide bonds. The molecule has 0 saturated carbocycles. The molecule has 8 nitrogen and oxygen atoms in total. The van der Waals surface area contributed by atoms with Crippen molar-refractivity contribution >= 4 is 39.3 Å². The van der Waals surface area contributed by atoms with Gasteiger partial charge in [0.1, 0.15) is 0 Å². The Hall–Kier alpha value is -1.28. The fraction of sp³-hybridized carbons (Fsp3) is 0.222. The van der Waals surface area contributed by atoms with Crippen LogP contribution in [-0.2, 0) is 13.6 Å². The minimum absolute atomic E-state index is 0.0342. The van der Waals surface area contributed by atoms with Gasteiger partial charge in [-0.3, -0.25) is 20.1 Å². The van der Waals surface area contributed by atoms with Gasteiger partial charge >= 0.3 is 7.60 Å². The van der Waals surface area contributed by atoms with Gasteiger partial charge in [0, 0.05) is 26.4 Å². The smallest absolute Gasteiger partial charge is 0.307 e. The first-order chi connectivity index (χ1) is 8.92. The molecule has 0 saturated heterocycles. The van der Waals surface area contributed by atoms with Gasteiger partial charge in [-0.1, -0.05) is 0 Å². The number of benzene rings is 1. The van der Waals surface area contributed by atoms with Crippen molar-refractivity contribution in [3.8, 4) is 0 Å². The summed E-state index contributed by atoms with van der Waals surface area (Å²) >= 11 is 2.98. The maximum absolute atomic E-state index is 11.9. The molecule has 0 aliphatic rings. The van der Waals surface area contributed by atoms with Gasteiger partial charge in [-0.15, -0.1) is 0 Å². The van der Waals surface area contributed by atoms with Gasteiger partial charge in [0.05, 0.1) is 10.6 Å². The van der Waals surface area contributed by atoms with Gasteiger partial charge in [-0.2, -0.15) is 5.10 Å². The van der Waals surface area contributed by atoms with E-state index in [1.165, 1.54) is 38.5 Å². The summed E-state index contributed by atoms with van der Waals surface area (Å²) in [4.78, 5) is 9.96. The molecule has 1 aromatic rings. The number of nitro benzene ring substituents is 1. The van der Waals surface area contributed by atoms with E-state index in [1.807, 2.05) is 0 Å². The summed E-state index contributed by atoms with van der Waals surface area (Å²) in [7, 11) is -0.980. The molecule has 0 bridgehead atoms. The quantitative estimate of drug-likeness (QED) is 0.365. The van der Waals surface area contributed by atoms with Crippen LogP contribution in [0.15, 0.2) is 29.4 Å². The molecule has 0 fully saturated rings. The minimum atomic E-state index is -3.44. The molecule has 0 aromatic heterocycles. The van der Waals surface area contributed by atoms with Gasteiger partial charge in [0.2, 0.25) is 4.36 Å². The molecule has 0 spiro atoms. The van der Waals surface area contributed by atoms with Gasteiger partial charge in [-0.25, -0.2) is 0 Å². The van der Waals surface area contributed by atoms with Crippen LogP contribution in [0.5, 0.6) is 0 Å². The number of hydrazone groups is 1. The maximum atomic E-state index is 11.9. The van der Waals surface area contributed by atoms with Crippen molar-refractivity contribution in [2.24, 2.45) is 5.10 Å². The van der Waals surface area contributed by atoms with Crippen molar-refractivity contribution in [2.75, 3.05) is 19.6 Å². The molecule has 0 atom stereocenters. The summed E-state index contributed by atoms with van der Waals surface area (Å²) in [6.07, 6.45) is 0. The number of nitro groups is 1. The van der Waals surface area contributed by atoms with E-state index in [1.54, 1.807) is 0 Å². The Labute approximate surface area is 117 Å². The van der Waals surface area contributed by atoms with Crippen LogP contribution in [0.25, 0.3) is 0 Å². The number of non-ortho nitro benzene ring substituents is 1. The van der Waals surface area contributed by atoms with Gasteiger partial charge < -0.3 is 9.05 Å². The molecule has 0 aliphatic carbocycles. The van der Waals surface area contributed by atoms with Crippen LogP contribution in [-0.4, -0.2) is 23.5 Å². The number of hydrogen-bond donors (Lipinski definition) is 1. The molecule has 1 N–H and O–H groups in total. The second-order valence-electron chi connectivity index (χ2n) is 3.16. The SMILES string of the molecule is COP(=O)(OC)/C(Br)=N\Nc1ccc([N+](=O)[O-])cc1. The van der Waals surface area contributed by atoms with Gasteiger partial charge in [-0.05, 0) is 28.1 Å². The van der Waals surface area contributed by atoms with E-state index in [4.69, 9.17) is 9.05 Å². The highest BCUT2D eigenvalue weighted by Gasteiger charge is 2.27. The Morgan fingerprint density at radius 1 is 1.37 bits per heavy atom. The van der Waals surface area contributed by atoms with Crippen LogP contribution in [0.3, 0.4) is 0 Å². The third-order valence-corrected chi connectivity index (χ3v) is 5.06. The van der Waals surface area contributed by atoms with Crippen molar-refractivity contribution < 1.29 is 18.5 Å². The maximum Gasteiger partial charge on any atom is 0.387 e. The second kappa shape index (κ2) is 6.76. The zero-order chi connectivity index (χ0) is 14.5. The zero-order valence-corrected chi connectivity index (χ0v) is 12.6. The first-order valence-electron chi connectivity index (χ1n) is 4.88. The lowest BCUT2D eigenvalue weighted by Crippen LogP contribution is -2.00. The van der Waals surface area contributed by atoms with Gasteiger partial charge in [0.15, 0.2) is 0 Å². The molecular formula is C9H11BrN3O5P. The number of nitrogens with zero attached hydrogens (tertiary/aromatic N) is 2. The average Bonchev–Trinajstić information content (AvgIpc) is 2.44. The van der Waals surface area contributed by atoms with Crippen LogP contribution < -0.4 is 5.43 Å². The lowest BCUT2D eigenvalue weighted by atomic mass is 10.3. The monoisotopic (exact) mass is 351 g/mol. The highest BCUT2D eigenvalue weighted by Crippen LogP contribution is 2.50. The molecule has 1 aromatic carbocycles. The van der Waals surface area contributed by atoms with E-state index < -0.39 is 12.5 Å². The van der Waals surface area contributed by atoms with Crippen molar-refractivity contribution in [1.82, 2.24) is 0 Å². The van der Waals surface area contributed by atoms with Crippen molar-refractivity contribution in [1.29, 1.82) is 0 Å². The molecular weight excluding hydrogens is 341 g/mol. The summed E-state index contributed by atoms with van der Waals surface area (Å²) in [5.74, 6) is 0. The standard InChI is InChI=1S/C9H11BrN3O5P/c1-17-19(16,18-2)9(10)12-11-7-3-5-8(6-4-7)13(14)15/h3-6,11H,1-2H3/b12-9-. The molecule has 1 rings (SSSR count). The third-order valence-electron chi connectivity index (χ3n) is 2.06. The summed E-state index contributed by atoms with van der Waals surface area (Å²) in [6, 6.07) is 5.56. The lowest BCUT2D eigenvalue weighted by molar-refractivity contribution is -0.384. The summed E-state index contributed by atoms with van der Waals surface area (Å²) < 4.78 is 21.3. The average molecular weight is 352 g/mol. The Morgan fingerprint density at radius 3 is 2.32 bits per heavy atom. The summed E-state index contributed by atoms with van der Waals surface area (Å²) in [5, 5.41) is 14.3. The molecule has 0 unspecified atom stereocenters. The molecule has 19 heavy (non-hydrogen) atoms. The lowest BCUT2D eigenvalue weighted by Gasteiger charge is -2.11. The topological polar surface area (TPSA) is 103 Å². The second-order valence-corrected chi connectivity index (χ2v) is 6.67. The number of nitrogens with one attached hydrogen (secondary N) is 1. The molecule has 0 radical (unpaired) electrons. The largest absolute Gasteiger partial charge is 0.387 e. The van der Waals surface area contributed by atoms with E-state index in [2.05, 4.69) is 26.5 Å². The number of anilines is 1. The number of halogens is 1. The van der Waals surface area contributed by atoms with Crippen molar-refractivity contribution in [3.63, 3.8) is 0 Å².